The Balaban J connectivity index is 1.27. The van der Waals surface area contributed by atoms with Gasteiger partial charge in [-0.3, -0.25) is 4.40 Å². The van der Waals surface area contributed by atoms with Gasteiger partial charge in [0.15, 0.2) is 11.5 Å². The van der Waals surface area contributed by atoms with Gasteiger partial charge in [-0.05, 0) is 42.5 Å². The van der Waals surface area contributed by atoms with Gasteiger partial charge in [-0.1, -0.05) is 0 Å². The lowest BCUT2D eigenvalue weighted by Crippen LogP contribution is -2.28. The molecule has 7 rings (SSSR count). The number of ether oxygens (including phenoxy) is 1. The summed E-state index contributed by atoms with van der Waals surface area (Å²) in [6.07, 6.45) is 5.42. The van der Waals surface area contributed by atoms with Crippen molar-refractivity contribution in [3.05, 3.63) is 52.8 Å². The third-order valence-corrected chi connectivity index (χ3v) is 6.86. The van der Waals surface area contributed by atoms with Gasteiger partial charge in [0, 0.05) is 43.5 Å². The number of hydrogen-bond acceptors (Lipinski definition) is 6. The molecule has 0 unspecified atom stereocenters. The summed E-state index contributed by atoms with van der Waals surface area (Å²) in [5.74, 6) is 2.86. The third kappa shape index (κ3) is 2.43. The highest BCUT2D eigenvalue weighted by Gasteiger charge is 2.49. The largest absolute Gasteiger partial charge is 0.490 e. The molecule has 1 saturated carbocycles. The average molecular weight is 415 g/mol. The topological polar surface area (TPSA) is 82.5 Å². The normalized spacial score (nSPS) is 18.3. The zero-order valence-corrected chi connectivity index (χ0v) is 17.2. The van der Waals surface area contributed by atoms with Gasteiger partial charge in [0.1, 0.15) is 18.2 Å². The van der Waals surface area contributed by atoms with Crippen LogP contribution in [0.1, 0.15) is 18.7 Å². The monoisotopic (exact) mass is 415 g/mol. The van der Waals surface area contributed by atoms with E-state index >= 15 is 0 Å². The Labute approximate surface area is 177 Å². The molecule has 3 aliphatic rings. The van der Waals surface area contributed by atoms with Crippen molar-refractivity contribution in [2.45, 2.75) is 25.8 Å². The molecule has 1 spiro atoms. The van der Waals surface area contributed by atoms with Gasteiger partial charge in [0.05, 0.1) is 12.2 Å². The number of nitrogens with zero attached hydrogens (tertiary/aromatic N) is 7. The molecule has 0 radical (unpaired) electrons. The second-order valence-corrected chi connectivity index (χ2v) is 8.90. The van der Waals surface area contributed by atoms with E-state index in [1.54, 1.807) is 17.6 Å². The fourth-order valence-electron chi connectivity index (χ4n) is 4.95. The summed E-state index contributed by atoms with van der Waals surface area (Å²) < 4.78 is 11.2. The van der Waals surface area contributed by atoms with E-state index in [2.05, 4.69) is 43.0 Å². The molecule has 9 heteroatoms. The average Bonchev–Trinajstić information content (AvgIpc) is 3.14. The number of rotatable bonds is 2. The van der Waals surface area contributed by atoms with E-state index in [0.717, 1.165) is 53.8 Å². The summed E-state index contributed by atoms with van der Waals surface area (Å²) in [5.41, 5.74) is 3.94. The third-order valence-electron chi connectivity index (χ3n) is 6.86. The number of aryl methyl sites for hydroxylation is 1. The van der Waals surface area contributed by atoms with E-state index in [-0.39, 0.29) is 5.69 Å². The van der Waals surface area contributed by atoms with Crippen molar-refractivity contribution in [2.75, 3.05) is 18.1 Å². The molecule has 1 aromatic carbocycles. The fraction of sp³-hybridized carbons (Fsp3) is 0.364. The van der Waals surface area contributed by atoms with E-state index in [4.69, 9.17) is 4.74 Å². The second-order valence-electron chi connectivity index (χ2n) is 8.90. The van der Waals surface area contributed by atoms with Gasteiger partial charge < -0.3 is 14.2 Å². The molecule has 1 aliphatic carbocycles. The molecule has 9 nitrogen and oxygen atoms in total. The Morgan fingerprint density at radius 1 is 1.13 bits per heavy atom. The van der Waals surface area contributed by atoms with E-state index in [1.165, 1.54) is 17.5 Å². The van der Waals surface area contributed by atoms with E-state index in [1.807, 2.05) is 12.1 Å². The summed E-state index contributed by atoms with van der Waals surface area (Å²) in [4.78, 5) is 14.3. The predicted octanol–water partition coefficient (Wildman–Crippen LogP) is 2.16. The number of fused-ring (bicyclic) bond motifs is 3. The van der Waals surface area contributed by atoms with E-state index in [0.29, 0.717) is 17.7 Å². The molecule has 2 aliphatic heterocycles. The minimum atomic E-state index is -0.151. The fourth-order valence-corrected chi connectivity index (χ4v) is 4.95. The number of aromatic nitrogens is 6. The Morgan fingerprint density at radius 2 is 2.03 bits per heavy atom. The minimum Gasteiger partial charge on any atom is -0.490 e. The Hall–Kier alpha value is -3.62. The van der Waals surface area contributed by atoms with E-state index < -0.39 is 0 Å². The predicted molar refractivity (Wildman–Crippen MR) is 114 cm³/mol. The molecule has 4 aromatic rings. The van der Waals surface area contributed by atoms with Crippen molar-refractivity contribution in [3.63, 3.8) is 0 Å². The first-order valence-corrected chi connectivity index (χ1v) is 10.6. The van der Waals surface area contributed by atoms with Crippen molar-refractivity contribution in [1.29, 1.82) is 0 Å². The summed E-state index contributed by atoms with van der Waals surface area (Å²) in [7, 11) is 1.66. The molecular formula is C22H21N7O2. The first-order valence-electron chi connectivity index (χ1n) is 10.6. The second kappa shape index (κ2) is 5.75. The maximum absolute atomic E-state index is 12.1. The highest BCUT2D eigenvalue weighted by Crippen LogP contribution is 2.53. The molecule has 5 heterocycles. The maximum Gasteiger partial charge on any atom is 0.350 e. The lowest BCUT2D eigenvalue weighted by Gasteiger charge is -2.31. The Bertz CT molecular complexity index is 1430. The Morgan fingerprint density at radius 3 is 2.90 bits per heavy atom. The minimum absolute atomic E-state index is 0.151. The van der Waals surface area contributed by atoms with Crippen LogP contribution in [0.5, 0.6) is 5.75 Å². The zero-order chi connectivity index (χ0) is 20.7. The van der Waals surface area contributed by atoms with Crippen LogP contribution in [0.15, 0.2) is 41.3 Å². The molecule has 0 atom stereocenters. The maximum atomic E-state index is 12.1. The summed E-state index contributed by atoms with van der Waals surface area (Å²) in [6, 6.07) is 10.1. The van der Waals surface area contributed by atoms with Gasteiger partial charge in [0.25, 0.3) is 0 Å². The molecule has 0 N–H and O–H groups in total. The van der Waals surface area contributed by atoms with Crippen LogP contribution in [0, 0.1) is 5.41 Å². The number of pyridine rings is 1. The van der Waals surface area contributed by atoms with Gasteiger partial charge >= 0.3 is 5.69 Å². The van der Waals surface area contributed by atoms with Crippen LogP contribution in [-0.4, -0.2) is 42.1 Å². The van der Waals surface area contributed by atoms with Gasteiger partial charge in [-0.15, -0.1) is 10.2 Å². The van der Waals surface area contributed by atoms with Crippen LogP contribution in [0.2, 0.25) is 0 Å². The standard InChI is InChI=1S/C22H21N7O2/c1-26-21(30)28-7-4-15(11-18(28)25-26)27-8-9-31-17-10-14(2-3-16(17)27)20-24-23-19-12-22(5-6-22)13-29(19)20/h2-4,7,10-11H,5-6,8-9,12-13H2,1H3. The van der Waals surface area contributed by atoms with Crippen LogP contribution in [0.3, 0.4) is 0 Å². The molecule has 0 saturated heterocycles. The van der Waals surface area contributed by atoms with Gasteiger partial charge in [-0.2, -0.15) is 5.10 Å². The van der Waals surface area contributed by atoms with Crippen LogP contribution in [0.25, 0.3) is 17.0 Å². The number of hydrogen-bond donors (Lipinski definition) is 0. The number of benzene rings is 1. The van der Waals surface area contributed by atoms with Crippen molar-refractivity contribution in [3.8, 4) is 17.1 Å². The van der Waals surface area contributed by atoms with Crippen LogP contribution >= 0.6 is 0 Å². The molecule has 156 valence electrons. The summed E-state index contributed by atoms with van der Waals surface area (Å²) in [6.45, 7) is 2.33. The highest BCUT2D eigenvalue weighted by atomic mass is 16.5. The SMILES string of the molecule is Cn1nc2cc(N3CCOc4cc(-c5nnc6n5CC5(CC5)C6)ccc43)ccn2c1=O. The number of anilines is 2. The quantitative estimate of drug-likeness (QED) is 0.499. The van der Waals surface area contributed by atoms with Gasteiger partial charge in [0.2, 0.25) is 0 Å². The van der Waals surface area contributed by atoms with Gasteiger partial charge in [-0.25, -0.2) is 9.48 Å². The van der Waals surface area contributed by atoms with Crippen molar-refractivity contribution in [1.82, 2.24) is 28.9 Å². The van der Waals surface area contributed by atoms with E-state index in [9.17, 15) is 4.79 Å². The molecule has 31 heavy (non-hydrogen) atoms. The van der Waals surface area contributed by atoms with Crippen molar-refractivity contribution < 1.29 is 4.74 Å². The molecule has 1 fully saturated rings. The highest BCUT2D eigenvalue weighted by molar-refractivity contribution is 5.75. The molecular weight excluding hydrogens is 394 g/mol. The van der Waals surface area contributed by atoms with Crippen LogP contribution in [-0.2, 0) is 20.0 Å². The summed E-state index contributed by atoms with van der Waals surface area (Å²) >= 11 is 0. The van der Waals surface area contributed by atoms with Crippen LogP contribution in [0.4, 0.5) is 11.4 Å². The lowest BCUT2D eigenvalue weighted by atomic mass is 10.1. The smallest absolute Gasteiger partial charge is 0.350 e. The first kappa shape index (κ1) is 17.1. The first-order chi connectivity index (χ1) is 15.1. The lowest BCUT2D eigenvalue weighted by molar-refractivity contribution is 0.314. The molecule has 0 bridgehead atoms. The van der Waals surface area contributed by atoms with Crippen LogP contribution < -0.4 is 15.3 Å². The Kier molecular flexibility index (Phi) is 3.17. The van der Waals surface area contributed by atoms with Crippen molar-refractivity contribution >= 4 is 17.0 Å². The molecule has 3 aromatic heterocycles. The summed E-state index contributed by atoms with van der Waals surface area (Å²) in [5, 5.41) is 13.2. The van der Waals surface area contributed by atoms with Crippen molar-refractivity contribution in [2.24, 2.45) is 12.5 Å². The zero-order valence-electron chi connectivity index (χ0n) is 17.2. The molecule has 0 amide bonds.